The second kappa shape index (κ2) is 5.69. The van der Waals surface area contributed by atoms with Gasteiger partial charge in [0.2, 0.25) is 11.5 Å². The van der Waals surface area contributed by atoms with Crippen LogP contribution >= 0.6 is 0 Å². The Bertz CT molecular complexity index is 639. The molecule has 0 saturated heterocycles. The van der Waals surface area contributed by atoms with Gasteiger partial charge in [-0.2, -0.15) is 0 Å². The molecular weight excluding hydrogens is 266 g/mol. The van der Waals surface area contributed by atoms with Gasteiger partial charge in [0.15, 0.2) is 6.61 Å². The van der Waals surface area contributed by atoms with Crippen LogP contribution in [0, 0.1) is 0 Å². The van der Waals surface area contributed by atoms with Crippen molar-refractivity contribution in [2.45, 2.75) is 0 Å². The quantitative estimate of drug-likeness (QED) is 0.683. The molecule has 0 bridgehead atoms. The number of carbonyl (C=O) groups excluding carboxylic acids is 2. The maximum absolute atomic E-state index is 11.8. The van der Waals surface area contributed by atoms with Gasteiger partial charge in [0.1, 0.15) is 5.75 Å². The van der Waals surface area contributed by atoms with Crippen LogP contribution < -0.4 is 21.5 Å². The van der Waals surface area contributed by atoms with E-state index in [9.17, 15) is 9.59 Å². The van der Waals surface area contributed by atoms with Crippen LogP contribution in [0.1, 0.15) is 10.5 Å². The Kier molecular flexibility index (Phi) is 3.80. The number of amides is 2. The Labute approximate surface area is 112 Å². The Balaban J connectivity index is 2.06. The normalized spacial score (nSPS) is 10.0. The van der Waals surface area contributed by atoms with E-state index in [1.54, 1.807) is 18.2 Å². The maximum Gasteiger partial charge on any atom is 0.281 e. The van der Waals surface area contributed by atoms with Gasteiger partial charge in [-0.05, 0) is 22.4 Å². The van der Waals surface area contributed by atoms with Crippen molar-refractivity contribution in [3.05, 3.63) is 30.0 Å². The van der Waals surface area contributed by atoms with Crippen molar-refractivity contribution in [3.63, 3.8) is 0 Å². The lowest BCUT2D eigenvalue weighted by molar-refractivity contribution is -0.119. The first-order chi connectivity index (χ1) is 9.56. The standard InChI is InChI=1S/C11H11N5O4/c12-8(17)5-19-7-3-1-2-6(4-7)14-11(18)9-10(13)16-20-15-9/h1-4H,5H2,(H2,12,17)(H2,13,16)(H,14,18). The second-order valence-electron chi connectivity index (χ2n) is 3.74. The summed E-state index contributed by atoms with van der Waals surface area (Å²) in [7, 11) is 0. The van der Waals surface area contributed by atoms with Gasteiger partial charge in [-0.1, -0.05) is 6.07 Å². The van der Waals surface area contributed by atoms with Crippen molar-refractivity contribution in [2.24, 2.45) is 5.73 Å². The number of benzene rings is 1. The molecule has 0 radical (unpaired) electrons. The minimum atomic E-state index is -0.596. The predicted molar refractivity (Wildman–Crippen MR) is 67.8 cm³/mol. The molecule has 0 atom stereocenters. The average Bonchev–Trinajstić information content (AvgIpc) is 2.83. The van der Waals surface area contributed by atoms with Gasteiger partial charge in [-0.25, -0.2) is 4.63 Å². The van der Waals surface area contributed by atoms with Gasteiger partial charge in [0.25, 0.3) is 11.8 Å². The lowest BCUT2D eigenvalue weighted by Crippen LogP contribution is -2.20. The van der Waals surface area contributed by atoms with Crippen LogP contribution in [0.3, 0.4) is 0 Å². The smallest absolute Gasteiger partial charge is 0.281 e. The number of nitrogens with zero attached hydrogens (tertiary/aromatic N) is 2. The SMILES string of the molecule is NC(=O)COc1cccc(NC(=O)c2nonc2N)c1. The van der Waals surface area contributed by atoms with E-state index in [2.05, 4.69) is 20.3 Å². The Morgan fingerprint density at radius 1 is 1.35 bits per heavy atom. The van der Waals surface area contributed by atoms with Crippen molar-refractivity contribution in [1.82, 2.24) is 10.3 Å². The van der Waals surface area contributed by atoms with Crippen molar-refractivity contribution < 1.29 is 19.0 Å². The third kappa shape index (κ3) is 3.22. The minimum Gasteiger partial charge on any atom is -0.484 e. The molecule has 9 heteroatoms. The summed E-state index contributed by atoms with van der Waals surface area (Å²) in [5, 5.41) is 9.21. The van der Waals surface area contributed by atoms with E-state index in [-0.39, 0.29) is 18.1 Å². The number of hydrogen-bond donors (Lipinski definition) is 3. The predicted octanol–water partition coefficient (Wildman–Crippen LogP) is -0.232. The summed E-state index contributed by atoms with van der Waals surface area (Å²) >= 11 is 0. The molecule has 2 rings (SSSR count). The van der Waals surface area contributed by atoms with Crippen LogP contribution in [0.5, 0.6) is 5.75 Å². The molecule has 0 saturated carbocycles. The number of primary amides is 1. The molecule has 0 fully saturated rings. The number of carbonyl (C=O) groups is 2. The molecular formula is C11H11N5O4. The molecule has 2 amide bonds. The van der Waals surface area contributed by atoms with Crippen LogP contribution in [0.15, 0.2) is 28.9 Å². The summed E-state index contributed by atoms with van der Waals surface area (Å²) in [5.74, 6) is -0.895. The molecule has 1 aromatic heterocycles. The Hall–Kier alpha value is -3.10. The molecule has 0 spiro atoms. The number of aromatic nitrogens is 2. The second-order valence-corrected chi connectivity index (χ2v) is 3.74. The van der Waals surface area contributed by atoms with Crippen LogP contribution in [-0.4, -0.2) is 28.7 Å². The van der Waals surface area contributed by atoms with Gasteiger partial charge >= 0.3 is 0 Å². The summed E-state index contributed by atoms with van der Waals surface area (Å²) in [6.45, 7) is -0.252. The first-order valence-corrected chi connectivity index (χ1v) is 5.47. The lowest BCUT2D eigenvalue weighted by atomic mass is 10.3. The molecule has 1 aromatic carbocycles. The minimum absolute atomic E-state index is 0.108. The van der Waals surface area contributed by atoms with Crippen LogP contribution in [0.4, 0.5) is 11.5 Å². The summed E-state index contributed by atoms with van der Waals surface area (Å²) in [6.07, 6.45) is 0. The molecule has 104 valence electrons. The highest BCUT2D eigenvalue weighted by atomic mass is 16.6. The van der Waals surface area contributed by atoms with Crippen LogP contribution in [0.2, 0.25) is 0 Å². The lowest BCUT2D eigenvalue weighted by Gasteiger charge is -2.07. The highest BCUT2D eigenvalue weighted by Crippen LogP contribution is 2.18. The van der Waals surface area contributed by atoms with E-state index in [4.69, 9.17) is 16.2 Å². The molecule has 0 aliphatic rings. The number of anilines is 2. The van der Waals surface area contributed by atoms with E-state index in [0.29, 0.717) is 11.4 Å². The summed E-state index contributed by atoms with van der Waals surface area (Å²) in [4.78, 5) is 22.4. The van der Waals surface area contributed by atoms with Gasteiger partial charge in [-0.3, -0.25) is 9.59 Å². The Morgan fingerprint density at radius 2 is 2.15 bits per heavy atom. The van der Waals surface area contributed by atoms with E-state index in [1.807, 2.05) is 0 Å². The Morgan fingerprint density at radius 3 is 2.80 bits per heavy atom. The van der Waals surface area contributed by atoms with E-state index in [0.717, 1.165) is 0 Å². The maximum atomic E-state index is 11.8. The zero-order valence-corrected chi connectivity index (χ0v) is 10.2. The highest BCUT2D eigenvalue weighted by molar-refractivity contribution is 6.05. The molecule has 20 heavy (non-hydrogen) atoms. The fourth-order valence-corrected chi connectivity index (χ4v) is 1.36. The highest BCUT2D eigenvalue weighted by Gasteiger charge is 2.16. The largest absolute Gasteiger partial charge is 0.484 e. The fraction of sp³-hybridized carbons (Fsp3) is 0.0909. The zero-order chi connectivity index (χ0) is 14.5. The summed E-state index contributed by atoms with van der Waals surface area (Å²) in [5.41, 5.74) is 10.7. The van der Waals surface area contributed by atoms with E-state index >= 15 is 0 Å². The molecule has 0 aliphatic carbocycles. The number of nitrogens with one attached hydrogen (secondary N) is 1. The fourth-order valence-electron chi connectivity index (χ4n) is 1.36. The van der Waals surface area contributed by atoms with Gasteiger partial charge in [0.05, 0.1) is 0 Å². The average molecular weight is 277 g/mol. The number of rotatable bonds is 5. The molecule has 2 aromatic rings. The first kappa shape index (κ1) is 13.3. The van der Waals surface area contributed by atoms with Crippen molar-refractivity contribution in [2.75, 3.05) is 17.7 Å². The molecule has 1 heterocycles. The molecule has 5 N–H and O–H groups in total. The van der Waals surface area contributed by atoms with Crippen molar-refractivity contribution in [3.8, 4) is 5.75 Å². The van der Waals surface area contributed by atoms with Gasteiger partial charge in [-0.15, -0.1) is 0 Å². The van der Waals surface area contributed by atoms with Gasteiger partial charge < -0.3 is 21.5 Å². The summed E-state index contributed by atoms with van der Waals surface area (Å²) in [6, 6.07) is 6.39. The zero-order valence-electron chi connectivity index (χ0n) is 10.2. The number of nitrogens with two attached hydrogens (primary N) is 2. The number of ether oxygens (including phenoxy) is 1. The topological polar surface area (TPSA) is 146 Å². The molecule has 0 unspecified atom stereocenters. The molecule has 9 nitrogen and oxygen atoms in total. The third-order valence-electron chi connectivity index (χ3n) is 2.20. The monoisotopic (exact) mass is 277 g/mol. The van der Waals surface area contributed by atoms with Crippen LogP contribution in [-0.2, 0) is 4.79 Å². The third-order valence-corrected chi connectivity index (χ3v) is 2.20. The van der Waals surface area contributed by atoms with Crippen LogP contribution in [0.25, 0.3) is 0 Å². The summed E-state index contributed by atoms with van der Waals surface area (Å²) < 4.78 is 9.44. The molecule has 0 aliphatic heterocycles. The van der Waals surface area contributed by atoms with E-state index < -0.39 is 11.8 Å². The van der Waals surface area contributed by atoms with Gasteiger partial charge in [0, 0.05) is 11.8 Å². The number of hydrogen-bond acceptors (Lipinski definition) is 7. The first-order valence-electron chi connectivity index (χ1n) is 5.47. The van der Waals surface area contributed by atoms with Crippen molar-refractivity contribution in [1.29, 1.82) is 0 Å². The van der Waals surface area contributed by atoms with Crippen molar-refractivity contribution >= 4 is 23.3 Å². The van der Waals surface area contributed by atoms with E-state index in [1.165, 1.54) is 6.07 Å². The number of nitrogen functional groups attached to an aromatic ring is 1.